The normalized spacial score (nSPS) is 13.3. The molecule has 0 radical (unpaired) electrons. The highest BCUT2D eigenvalue weighted by Gasteiger charge is 2.32. The van der Waals surface area contributed by atoms with Crippen LogP contribution in [0, 0.1) is 0 Å². The number of carboxylic acid groups (broad SMARTS) is 1. The molecule has 0 fully saturated rings. The Hall–Kier alpha value is -1.34. The number of likely N-dealkylation sites (N-methyl/N-ethyl adjacent to an activating group) is 1. The van der Waals surface area contributed by atoms with Crippen molar-refractivity contribution in [2.75, 3.05) is 21.1 Å². The minimum Gasteiger partial charge on any atom is -0.477 e. The van der Waals surface area contributed by atoms with Crippen LogP contribution in [0.15, 0.2) is 11.4 Å². The molecule has 0 unspecified atom stereocenters. The first-order valence-corrected chi connectivity index (χ1v) is 6.28. The number of nitrogens with zero attached hydrogens (tertiary/aromatic N) is 2. The first kappa shape index (κ1) is 14.7. The fourth-order valence-electron chi connectivity index (χ4n) is 1.53. The zero-order chi connectivity index (χ0) is 13.9. The highest BCUT2D eigenvalue weighted by molar-refractivity contribution is 8.13. The summed E-state index contributed by atoms with van der Waals surface area (Å²) in [5.74, 6) is -0.849. The minimum absolute atomic E-state index is 0.0581. The number of aliphatic carboxylic acids is 1. The lowest BCUT2D eigenvalue weighted by Crippen LogP contribution is -2.51. The van der Waals surface area contributed by atoms with Crippen LogP contribution in [0.2, 0.25) is 0 Å². The molecule has 1 aromatic heterocycles. The molecule has 100 valence electrons. The van der Waals surface area contributed by atoms with Gasteiger partial charge in [-0.2, -0.15) is 0 Å². The molecule has 1 aromatic rings. The molecule has 0 saturated carbocycles. The van der Waals surface area contributed by atoms with Gasteiger partial charge in [0.2, 0.25) is 0 Å². The number of hydrogen-bond acceptors (Lipinski definition) is 4. The number of carbonyl (C=O) groups excluding carboxylic acids is 1. The van der Waals surface area contributed by atoms with Crippen LogP contribution >= 0.6 is 11.8 Å². The van der Waals surface area contributed by atoms with Crippen molar-refractivity contribution < 1.29 is 19.2 Å². The second-order valence-corrected chi connectivity index (χ2v) is 6.15. The number of carboxylic acids is 1. The third kappa shape index (κ3) is 4.15. The molecule has 0 bridgehead atoms. The van der Waals surface area contributed by atoms with E-state index in [1.54, 1.807) is 6.20 Å². The third-order valence-corrected chi connectivity index (χ3v) is 3.17. The van der Waals surface area contributed by atoms with E-state index in [9.17, 15) is 14.7 Å². The average molecular weight is 272 g/mol. The van der Waals surface area contributed by atoms with Crippen LogP contribution in [0.4, 0.5) is 0 Å². The third-order valence-electron chi connectivity index (χ3n) is 2.48. The summed E-state index contributed by atoms with van der Waals surface area (Å²) in [4.78, 5) is 29.1. The molecule has 0 amide bonds. The monoisotopic (exact) mass is 272 g/mol. The summed E-state index contributed by atoms with van der Waals surface area (Å²) in [6.45, 7) is 1.46. The van der Waals surface area contributed by atoms with E-state index >= 15 is 0 Å². The Morgan fingerprint density at radius 3 is 2.56 bits per heavy atom. The van der Waals surface area contributed by atoms with Gasteiger partial charge in [-0.1, -0.05) is 0 Å². The maximum atomic E-state index is 11.2. The fraction of sp³-hybridized carbons (Fsp3) is 0.545. The lowest BCUT2D eigenvalue weighted by atomic mass is 10.1. The van der Waals surface area contributed by atoms with Gasteiger partial charge in [0.05, 0.1) is 27.6 Å². The molecule has 7 heteroatoms. The number of nitrogens with one attached hydrogen (secondary N) is 1. The Morgan fingerprint density at radius 2 is 2.11 bits per heavy atom. The predicted molar refractivity (Wildman–Crippen MR) is 68.3 cm³/mol. The maximum absolute atomic E-state index is 11.2. The van der Waals surface area contributed by atoms with Crippen LogP contribution in [-0.4, -0.2) is 57.8 Å². The number of H-pyrrole nitrogens is 1. The smallest absolute Gasteiger partial charge is 0.362 e. The summed E-state index contributed by atoms with van der Waals surface area (Å²) in [6.07, 6.45) is 1.93. The molecule has 1 rings (SSSR count). The molecular formula is C11H18N3O3S+. The summed E-state index contributed by atoms with van der Waals surface area (Å²) in [6, 6.07) is -0.555. The Bertz CT molecular complexity index is 451. The van der Waals surface area contributed by atoms with Gasteiger partial charge in [0.1, 0.15) is 0 Å². The molecule has 0 spiro atoms. The lowest BCUT2D eigenvalue weighted by Gasteiger charge is -2.30. The van der Waals surface area contributed by atoms with E-state index < -0.39 is 12.0 Å². The van der Waals surface area contributed by atoms with Gasteiger partial charge in [-0.15, -0.1) is 0 Å². The number of aromatic nitrogens is 2. The zero-order valence-electron chi connectivity index (χ0n) is 10.9. The van der Waals surface area contributed by atoms with Crippen LogP contribution < -0.4 is 0 Å². The molecule has 0 aromatic carbocycles. The average Bonchev–Trinajstić information content (AvgIpc) is 2.58. The Balaban J connectivity index is 2.79. The predicted octanol–water partition coefficient (Wildman–Crippen LogP) is 0.750. The van der Waals surface area contributed by atoms with E-state index in [-0.39, 0.29) is 5.12 Å². The van der Waals surface area contributed by atoms with Gasteiger partial charge in [0.15, 0.2) is 16.3 Å². The highest BCUT2D eigenvalue weighted by atomic mass is 32.2. The Kier molecular flexibility index (Phi) is 4.53. The number of carbonyl (C=O) groups is 2. The van der Waals surface area contributed by atoms with Crippen LogP contribution in [0.3, 0.4) is 0 Å². The maximum Gasteiger partial charge on any atom is 0.362 e. The minimum atomic E-state index is -0.849. The molecule has 0 aliphatic carbocycles. The van der Waals surface area contributed by atoms with Gasteiger partial charge in [-0.25, -0.2) is 9.78 Å². The van der Waals surface area contributed by atoms with E-state index in [0.29, 0.717) is 16.1 Å². The number of imidazole rings is 1. The molecule has 0 aliphatic rings. The second-order valence-electron chi connectivity index (χ2n) is 4.98. The molecule has 2 N–H and O–H groups in total. The van der Waals surface area contributed by atoms with Gasteiger partial charge in [0, 0.05) is 18.8 Å². The lowest BCUT2D eigenvalue weighted by molar-refractivity contribution is -0.887. The second kappa shape index (κ2) is 5.53. The van der Waals surface area contributed by atoms with Crippen molar-refractivity contribution in [3.63, 3.8) is 0 Å². The van der Waals surface area contributed by atoms with Gasteiger partial charge >= 0.3 is 5.97 Å². The fourth-order valence-corrected chi connectivity index (χ4v) is 2.09. The summed E-state index contributed by atoms with van der Waals surface area (Å²) in [5.41, 5.74) is 0.721. The van der Waals surface area contributed by atoms with Crippen molar-refractivity contribution in [1.29, 1.82) is 0 Å². The number of thioether (sulfide) groups is 1. The van der Waals surface area contributed by atoms with Crippen molar-refractivity contribution in [1.82, 2.24) is 9.97 Å². The first-order valence-electron chi connectivity index (χ1n) is 5.46. The van der Waals surface area contributed by atoms with E-state index in [2.05, 4.69) is 9.97 Å². The van der Waals surface area contributed by atoms with E-state index in [1.165, 1.54) is 6.92 Å². The number of quaternary nitrogens is 1. The van der Waals surface area contributed by atoms with E-state index in [4.69, 9.17) is 0 Å². The standard InChI is InChI=1S/C11H17N3O3S/c1-7(15)18-11-12-6-8(13-11)5-9(10(16)17)14(2,3)4/h6,9H,5H2,1-4H3,(H-,12,13,16,17)/p+1/t9-/m0/s1. The zero-order valence-corrected chi connectivity index (χ0v) is 11.7. The molecule has 6 nitrogen and oxygen atoms in total. The van der Waals surface area contributed by atoms with Gasteiger partial charge in [-0.3, -0.25) is 4.79 Å². The van der Waals surface area contributed by atoms with Crippen LogP contribution in [0.1, 0.15) is 12.6 Å². The number of rotatable bonds is 5. The summed E-state index contributed by atoms with van der Waals surface area (Å²) < 4.78 is 0.323. The van der Waals surface area contributed by atoms with Crippen LogP contribution in [0.5, 0.6) is 0 Å². The van der Waals surface area contributed by atoms with E-state index in [0.717, 1.165) is 17.5 Å². The Labute approximate surface area is 110 Å². The molecule has 1 atom stereocenters. The number of hydrogen-bond donors (Lipinski definition) is 2. The van der Waals surface area contributed by atoms with Crippen LogP contribution in [-0.2, 0) is 16.0 Å². The largest absolute Gasteiger partial charge is 0.477 e. The van der Waals surface area contributed by atoms with Gasteiger partial charge in [-0.05, 0) is 11.8 Å². The van der Waals surface area contributed by atoms with Crippen molar-refractivity contribution in [3.05, 3.63) is 11.9 Å². The van der Waals surface area contributed by atoms with Crippen molar-refractivity contribution in [2.45, 2.75) is 24.5 Å². The highest BCUT2D eigenvalue weighted by Crippen LogP contribution is 2.16. The summed E-state index contributed by atoms with van der Waals surface area (Å²) >= 11 is 1.00. The van der Waals surface area contributed by atoms with Crippen LogP contribution in [0.25, 0.3) is 0 Å². The van der Waals surface area contributed by atoms with Crippen molar-refractivity contribution in [2.24, 2.45) is 0 Å². The molecule has 18 heavy (non-hydrogen) atoms. The summed E-state index contributed by atoms with van der Waals surface area (Å²) in [7, 11) is 5.50. The van der Waals surface area contributed by atoms with Crippen molar-refractivity contribution >= 4 is 22.8 Å². The first-order chi connectivity index (χ1) is 8.20. The van der Waals surface area contributed by atoms with E-state index in [1.807, 2.05) is 21.1 Å². The topological polar surface area (TPSA) is 83.1 Å². The summed E-state index contributed by atoms with van der Waals surface area (Å²) in [5, 5.41) is 9.66. The molecular weight excluding hydrogens is 254 g/mol. The SMILES string of the molecule is CC(=O)Sc1ncc(C[C@@H](C(=O)O)[N+](C)(C)C)[nH]1. The van der Waals surface area contributed by atoms with Gasteiger partial charge < -0.3 is 14.6 Å². The van der Waals surface area contributed by atoms with Crippen molar-refractivity contribution in [3.8, 4) is 0 Å². The number of aromatic amines is 1. The molecule has 1 heterocycles. The Morgan fingerprint density at radius 1 is 1.50 bits per heavy atom. The molecule has 0 aliphatic heterocycles. The van der Waals surface area contributed by atoms with Gasteiger partial charge in [0.25, 0.3) is 0 Å². The molecule has 0 saturated heterocycles. The quantitative estimate of drug-likeness (QED) is 0.610.